The Hall–Kier alpha value is -2.98. The van der Waals surface area contributed by atoms with Crippen LogP contribution in [0.15, 0.2) is 72.8 Å². The fourth-order valence-electron chi connectivity index (χ4n) is 3.40. The normalized spacial score (nSPS) is 11.0. The van der Waals surface area contributed by atoms with Gasteiger partial charge in [-0.1, -0.05) is 90.6 Å². The number of aryl methyl sites for hydroxylation is 2. The van der Waals surface area contributed by atoms with Gasteiger partial charge in [-0.3, -0.25) is 9.69 Å². The molecule has 0 fully saturated rings. The molecule has 0 aliphatic rings. The fourth-order valence-corrected chi connectivity index (χ4v) is 4.43. The maximum atomic E-state index is 13.3. The van der Waals surface area contributed by atoms with Gasteiger partial charge in [0.05, 0.1) is 23.2 Å². The third kappa shape index (κ3) is 4.38. The summed E-state index contributed by atoms with van der Waals surface area (Å²) < 4.78 is 1.13. The van der Waals surface area contributed by atoms with E-state index in [0.717, 1.165) is 32.9 Å². The number of amides is 1. The van der Waals surface area contributed by atoms with Gasteiger partial charge in [-0.15, -0.1) is 0 Å². The van der Waals surface area contributed by atoms with Crippen LogP contribution in [0.5, 0.6) is 0 Å². The second-order valence-electron chi connectivity index (χ2n) is 7.24. The molecule has 3 aromatic carbocycles. The number of benzene rings is 3. The summed E-state index contributed by atoms with van der Waals surface area (Å²) in [5.41, 5.74) is 5.54. The zero-order valence-corrected chi connectivity index (χ0v) is 17.6. The number of hydrogen-bond acceptors (Lipinski definition) is 3. The predicted octanol–water partition coefficient (Wildman–Crippen LogP) is 5.94. The first-order valence-corrected chi connectivity index (χ1v) is 10.7. The number of carbonyl (C=O) groups is 1. The van der Waals surface area contributed by atoms with Crippen molar-refractivity contribution >= 4 is 32.6 Å². The zero-order chi connectivity index (χ0) is 20.2. The number of carbonyl (C=O) groups excluding carboxylic acids is 1. The Morgan fingerprint density at radius 3 is 2.41 bits per heavy atom. The van der Waals surface area contributed by atoms with Gasteiger partial charge >= 0.3 is 0 Å². The third-order valence-electron chi connectivity index (χ3n) is 5.06. The van der Waals surface area contributed by atoms with E-state index in [1.165, 1.54) is 11.1 Å². The molecule has 146 valence electrons. The Morgan fingerprint density at radius 2 is 1.69 bits per heavy atom. The number of rotatable bonds is 6. The van der Waals surface area contributed by atoms with E-state index in [1.807, 2.05) is 35.2 Å². The van der Waals surface area contributed by atoms with Gasteiger partial charge in [-0.25, -0.2) is 4.98 Å². The average Bonchev–Trinajstić information content (AvgIpc) is 3.18. The lowest BCUT2D eigenvalue weighted by atomic mass is 10.1. The zero-order valence-electron chi connectivity index (χ0n) is 16.8. The molecular weight excluding hydrogens is 376 g/mol. The highest BCUT2D eigenvalue weighted by Gasteiger charge is 2.21. The van der Waals surface area contributed by atoms with Crippen LogP contribution in [0.3, 0.4) is 0 Å². The lowest BCUT2D eigenvalue weighted by molar-refractivity contribution is -0.118. The first-order chi connectivity index (χ1) is 14.1. The van der Waals surface area contributed by atoms with Crippen LogP contribution in [0, 0.1) is 6.92 Å². The predicted molar refractivity (Wildman–Crippen MR) is 122 cm³/mol. The van der Waals surface area contributed by atoms with Gasteiger partial charge in [0, 0.05) is 0 Å². The van der Waals surface area contributed by atoms with Crippen molar-refractivity contribution in [2.75, 3.05) is 4.90 Å². The Morgan fingerprint density at radius 1 is 0.931 bits per heavy atom. The van der Waals surface area contributed by atoms with Crippen molar-refractivity contribution in [3.05, 3.63) is 95.1 Å². The van der Waals surface area contributed by atoms with Crippen molar-refractivity contribution < 1.29 is 4.79 Å². The number of aromatic nitrogens is 1. The molecule has 4 rings (SSSR count). The summed E-state index contributed by atoms with van der Waals surface area (Å²) in [6.07, 6.45) is 1.29. The van der Waals surface area contributed by atoms with Crippen molar-refractivity contribution in [3.8, 4) is 0 Å². The maximum Gasteiger partial charge on any atom is 0.233 e. The lowest BCUT2D eigenvalue weighted by Crippen LogP contribution is -2.31. The maximum absolute atomic E-state index is 13.3. The van der Waals surface area contributed by atoms with Crippen LogP contribution in [-0.2, 0) is 24.2 Å². The van der Waals surface area contributed by atoms with Crippen LogP contribution in [0.2, 0.25) is 0 Å². The van der Waals surface area contributed by atoms with Crippen molar-refractivity contribution in [2.45, 2.75) is 33.2 Å². The number of nitrogens with zero attached hydrogens (tertiary/aromatic N) is 2. The molecule has 4 heteroatoms. The van der Waals surface area contributed by atoms with Crippen molar-refractivity contribution in [1.29, 1.82) is 0 Å². The Kier molecular flexibility index (Phi) is 5.72. The van der Waals surface area contributed by atoms with E-state index in [2.05, 4.69) is 56.3 Å². The molecule has 1 aromatic heterocycles. The highest BCUT2D eigenvalue weighted by Crippen LogP contribution is 2.32. The van der Waals surface area contributed by atoms with Crippen LogP contribution >= 0.6 is 11.3 Å². The molecule has 0 unspecified atom stereocenters. The number of para-hydroxylation sites is 1. The molecule has 3 nitrogen and oxygen atoms in total. The van der Waals surface area contributed by atoms with E-state index in [0.29, 0.717) is 13.0 Å². The van der Waals surface area contributed by atoms with E-state index in [9.17, 15) is 4.79 Å². The Bertz CT molecular complexity index is 1120. The van der Waals surface area contributed by atoms with Crippen LogP contribution < -0.4 is 4.90 Å². The van der Waals surface area contributed by atoms with E-state index in [-0.39, 0.29) is 5.91 Å². The average molecular weight is 401 g/mol. The summed E-state index contributed by atoms with van der Waals surface area (Å²) in [5.74, 6) is 0.0646. The molecule has 4 aromatic rings. The largest absolute Gasteiger partial charge is 0.283 e. The molecule has 0 spiro atoms. The molecule has 0 bridgehead atoms. The molecule has 0 saturated carbocycles. The summed E-state index contributed by atoms with van der Waals surface area (Å²) in [7, 11) is 0. The fraction of sp³-hybridized carbons (Fsp3) is 0.200. The second kappa shape index (κ2) is 8.58. The van der Waals surface area contributed by atoms with Gasteiger partial charge in [0.25, 0.3) is 0 Å². The summed E-state index contributed by atoms with van der Waals surface area (Å²) in [5, 5.41) is 0.766. The SMILES string of the molecule is CCc1cccc2sc(N(Cc3ccccc3)C(=O)Cc3ccc(C)cc3)nc12. The van der Waals surface area contributed by atoms with Gasteiger partial charge in [-0.2, -0.15) is 0 Å². The summed E-state index contributed by atoms with van der Waals surface area (Å²) in [4.78, 5) is 20.0. The molecule has 0 aliphatic carbocycles. The number of fused-ring (bicyclic) bond motifs is 1. The quantitative estimate of drug-likeness (QED) is 0.401. The molecule has 1 amide bonds. The smallest absolute Gasteiger partial charge is 0.233 e. The summed E-state index contributed by atoms with van der Waals surface area (Å²) in [6.45, 7) is 4.71. The molecule has 0 aliphatic heterocycles. The van der Waals surface area contributed by atoms with Gasteiger partial charge in [0.15, 0.2) is 5.13 Å². The molecule has 0 saturated heterocycles. The van der Waals surface area contributed by atoms with E-state index < -0.39 is 0 Å². The van der Waals surface area contributed by atoms with E-state index >= 15 is 0 Å². The number of anilines is 1. The molecule has 0 radical (unpaired) electrons. The van der Waals surface area contributed by atoms with E-state index in [1.54, 1.807) is 11.3 Å². The minimum atomic E-state index is 0.0646. The van der Waals surface area contributed by atoms with Crippen LogP contribution in [0.1, 0.15) is 29.2 Å². The van der Waals surface area contributed by atoms with Gasteiger partial charge < -0.3 is 0 Å². The van der Waals surface area contributed by atoms with Gasteiger partial charge in [0.1, 0.15) is 0 Å². The summed E-state index contributed by atoms with van der Waals surface area (Å²) >= 11 is 1.59. The van der Waals surface area contributed by atoms with E-state index in [4.69, 9.17) is 4.98 Å². The second-order valence-corrected chi connectivity index (χ2v) is 8.25. The molecular formula is C25H24N2OS. The minimum absolute atomic E-state index is 0.0646. The first-order valence-electron chi connectivity index (χ1n) is 9.92. The highest BCUT2D eigenvalue weighted by molar-refractivity contribution is 7.22. The molecule has 1 heterocycles. The Labute approximate surface area is 175 Å². The topological polar surface area (TPSA) is 33.2 Å². The highest BCUT2D eigenvalue weighted by atomic mass is 32.1. The van der Waals surface area contributed by atoms with Gasteiger partial charge in [0.2, 0.25) is 5.91 Å². The standard InChI is InChI=1S/C25H24N2OS/c1-3-21-10-7-11-22-24(21)26-25(29-22)27(17-20-8-5-4-6-9-20)23(28)16-19-14-12-18(2)13-15-19/h4-15H,3,16-17H2,1-2H3. The molecule has 29 heavy (non-hydrogen) atoms. The molecule has 0 N–H and O–H groups in total. The first kappa shape index (κ1) is 19.3. The van der Waals surface area contributed by atoms with Gasteiger partial charge in [-0.05, 0) is 36.1 Å². The Balaban J connectivity index is 1.69. The van der Waals surface area contributed by atoms with Crippen LogP contribution in [0.4, 0.5) is 5.13 Å². The monoisotopic (exact) mass is 400 g/mol. The van der Waals surface area contributed by atoms with Crippen molar-refractivity contribution in [3.63, 3.8) is 0 Å². The van der Waals surface area contributed by atoms with Crippen molar-refractivity contribution in [2.24, 2.45) is 0 Å². The molecule has 0 atom stereocenters. The third-order valence-corrected chi connectivity index (χ3v) is 6.11. The van der Waals surface area contributed by atoms with Crippen molar-refractivity contribution in [1.82, 2.24) is 4.98 Å². The minimum Gasteiger partial charge on any atom is -0.283 e. The number of thiazole rings is 1. The van der Waals surface area contributed by atoms with Crippen LogP contribution in [-0.4, -0.2) is 10.9 Å². The summed E-state index contributed by atoms with van der Waals surface area (Å²) in [6, 6.07) is 24.5. The lowest BCUT2D eigenvalue weighted by Gasteiger charge is -2.20. The number of hydrogen-bond donors (Lipinski definition) is 0. The van der Waals surface area contributed by atoms with Crippen LogP contribution in [0.25, 0.3) is 10.2 Å².